The topological polar surface area (TPSA) is 63.2 Å². The molecular weight excluding hydrogens is 238 g/mol. The number of carbonyl (C=O) groups excluding carboxylic acids is 1. The zero-order valence-electron chi connectivity index (χ0n) is 10.1. The molecule has 1 aromatic rings. The maximum Gasteiger partial charge on any atom is 0.240 e. The molecule has 0 aliphatic carbocycles. The quantitative estimate of drug-likeness (QED) is 0.624. The van der Waals surface area contributed by atoms with E-state index in [1.807, 2.05) is 6.92 Å². The van der Waals surface area contributed by atoms with E-state index in [2.05, 4.69) is 4.72 Å². The van der Waals surface area contributed by atoms with Crippen molar-refractivity contribution in [1.82, 2.24) is 4.72 Å². The van der Waals surface area contributed by atoms with Crippen molar-refractivity contribution in [3.05, 3.63) is 29.8 Å². The van der Waals surface area contributed by atoms with Crippen LogP contribution in [0.15, 0.2) is 29.2 Å². The van der Waals surface area contributed by atoms with Crippen LogP contribution in [0, 0.1) is 0 Å². The number of sulfonamides is 1. The van der Waals surface area contributed by atoms with Gasteiger partial charge in [-0.25, -0.2) is 13.1 Å². The van der Waals surface area contributed by atoms with Gasteiger partial charge in [-0.15, -0.1) is 0 Å². The molecule has 0 amide bonds. The lowest BCUT2D eigenvalue weighted by atomic mass is 10.2. The molecule has 0 radical (unpaired) electrons. The van der Waals surface area contributed by atoms with Crippen LogP contribution < -0.4 is 4.72 Å². The van der Waals surface area contributed by atoms with Crippen LogP contribution in [0.25, 0.3) is 0 Å². The molecule has 0 aliphatic rings. The van der Waals surface area contributed by atoms with Gasteiger partial charge in [0.1, 0.15) is 0 Å². The van der Waals surface area contributed by atoms with Gasteiger partial charge in [0.2, 0.25) is 10.0 Å². The molecule has 5 heteroatoms. The Balaban J connectivity index is 2.91. The number of Topliss-reactive ketones (excluding diaryl/α,β-unsaturated/α-hetero) is 1. The molecule has 1 aromatic carbocycles. The fourth-order valence-corrected chi connectivity index (χ4v) is 2.47. The van der Waals surface area contributed by atoms with Crippen molar-refractivity contribution in [1.29, 1.82) is 0 Å². The fraction of sp³-hybridized carbons (Fsp3) is 0.417. The molecule has 0 bridgehead atoms. The largest absolute Gasteiger partial charge is 0.295 e. The summed E-state index contributed by atoms with van der Waals surface area (Å²) in [7, 11) is -3.49. The van der Waals surface area contributed by atoms with E-state index in [9.17, 15) is 13.2 Å². The van der Waals surface area contributed by atoms with E-state index >= 15 is 0 Å². The molecule has 1 N–H and O–H groups in total. The average molecular weight is 255 g/mol. The summed E-state index contributed by atoms with van der Waals surface area (Å²) in [5.41, 5.74) is 0.406. The number of rotatable bonds is 6. The molecule has 94 valence electrons. The Labute approximate surface area is 102 Å². The van der Waals surface area contributed by atoms with Crippen LogP contribution in [0.1, 0.15) is 37.0 Å². The van der Waals surface area contributed by atoms with Gasteiger partial charge >= 0.3 is 0 Å². The molecular formula is C12H17NO3S. The first-order valence-electron chi connectivity index (χ1n) is 5.58. The molecule has 17 heavy (non-hydrogen) atoms. The standard InChI is InChI=1S/C12H17NO3S/c1-3-4-8-13-17(15,16)12-7-5-6-11(9-12)10(2)14/h5-7,9,13H,3-4,8H2,1-2H3. The van der Waals surface area contributed by atoms with Crippen LogP contribution in [-0.4, -0.2) is 20.7 Å². The van der Waals surface area contributed by atoms with Gasteiger partial charge in [0.15, 0.2) is 5.78 Å². The number of hydrogen-bond donors (Lipinski definition) is 1. The van der Waals surface area contributed by atoms with E-state index < -0.39 is 10.0 Å². The first-order valence-corrected chi connectivity index (χ1v) is 7.06. The molecule has 1 rings (SSSR count). The van der Waals surface area contributed by atoms with E-state index in [0.717, 1.165) is 12.8 Å². The second-order valence-electron chi connectivity index (χ2n) is 3.84. The number of ketones is 1. The van der Waals surface area contributed by atoms with E-state index in [1.165, 1.54) is 19.1 Å². The Morgan fingerprint density at radius 3 is 2.65 bits per heavy atom. The Kier molecular flexibility index (Phi) is 4.84. The maximum absolute atomic E-state index is 11.9. The number of carbonyl (C=O) groups is 1. The molecule has 0 saturated carbocycles. The summed E-state index contributed by atoms with van der Waals surface area (Å²) in [6.45, 7) is 3.82. The molecule has 0 spiro atoms. The third-order valence-corrected chi connectivity index (χ3v) is 3.83. The fourth-order valence-electron chi connectivity index (χ4n) is 1.35. The van der Waals surface area contributed by atoms with Crippen molar-refractivity contribution in [3.63, 3.8) is 0 Å². The van der Waals surface area contributed by atoms with Crippen LogP contribution in [0.4, 0.5) is 0 Å². The summed E-state index contributed by atoms with van der Waals surface area (Å²) >= 11 is 0. The first kappa shape index (κ1) is 13.9. The summed E-state index contributed by atoms with van der Waals surface area (Å²) in [5.74, 6) is -0.143. The second kappa shape index (κ2) is 5.93. The highest BCUT2D eigenvalue weighted by Crippen LogP contribution is 2.11. The molecule has 0 aromatic heterocycles. The first-order chi connectivity index (χ1) is 7.97. The molecule has 0 fully saturated rings. The predicted molar refractivity (Wildman–Crippen MR) is 66.5 cm³/mol. The molecule has 0 unspecified atom stereocenters. The summed E-state index contributed by atoms with van der Waals surface area (Å²) in [6.07, 6.45) is 1.72. The maximum atomic E-state index is 11.9. The number of benzene rings is 1. The van der Waals surface area contributed by atoms with Gasteiger partial charge < -0.3 is 0 Å². The van der Waals surface area contributed by atoms with Crippen LogP contribution >= 0.6 is 0 Å². The third kappa shape index (κ3) is 3.94. The van der Waals surface area contributed by atoms with Gasteiger partial charge in [0, 0.05) is 12.1 Å². The molecule has 0 aliphatic heterocycles. The van der Waals surface area contributed by atoms with Crippen LogP contribution in [-0.2, 0) is 10.0 Å². The Hall–Kier alpha value is -1.20. The van der Waals surface area contributed by atoms with Gasteiger partial charge in [-0.1, -0.05) is 25.5 Å². The SMILES string of the molecule is CCCCNS(=O)(=O)c1cccc(C(C)=O)c1. The molecule has 0 heterocycles. The Morgan fingerprint density at radius 1 is 1.35 bits per heavy atom. The highest BCUT2D eigenvalue weighted by atomic mass is 32.2. The van der Waals surface area contributed by atoms with E-state index in [1.54, 1.807) is 12.1 Å². The van der Waals surface area contributed by atoms with Gasteiger partial charge in [-0.05, 0) is 25.5 Å². The summed E-state index contributed by atoms with van der Waals surface area (Å²) in [5, 5.41) is 0. The molecule has 0 atom stereocenters. The van der Waals surface area contributed by atoms with Crippen molar-refractivity contribution in [2.75, 3.05) is 6.54 Å². The summed E-state index contributed by atoms with van der Waals surface area (Å²) < 4.78 is 26.2. The predicted octanol–water partition coefficient (Wildman–Crippen LogP) is 1.97. The number of nitrogens with one attached hydrogen (secondary N) is 1. The highest BCUT2D eigenvalue weighted by molar-refractivity contribution is 7.89. The smallest absolute Gasteiger partial charge is 0.240 e. The lowest BCUT2D eigenvalue weighted by Gasteiger charge is -2.06. The molecule has 0 saturated heterocycles. The number of unbranched alkanes of at least 4 members (excludes halogenated alkanes) is 1. The van der Waals surface area contributed by atoms with Crippen molar-refractivity contribution in [3.8, 4) is 0 Å². The zero-order valence-corrected chi connectivity index (χ0v) is 10.9. The van der Waals surface area contributed by atoms with Crippen molar-refractivity contribution < 1.29 is 13.2 Å². The minimum Gasteiger partial charge on any atom is -0.295 e. The van der Waals surface area contributed by atoms with Gasteiger partial charge in [0.05, 0.1) is 4.90 Å². The van der Waals surface area contributed by atoms with E-state index in [-0.39, 0.29) is 10.7 Å². The van der Waals surface area contributed by atoms with Crippen molar-refractivity contribution in [2.24, 2.45) is 0 Å². The average Bonchev–Trinajstić information content (AvgIpc) is 2.29. The second-order valence-corrected chi connectivity index (χ2v) is 5.60. The van der Waals surface area contributed by atoms with Gasteiger partial charge in [-0.3, -0.25) is 4.79 Å². The Bertz CT molecular complexity index is 494. The number of hydrogen-bond acceptors (Lipinski definition) is 3. The van der Waals surface area contributed by atoms with Crippen LogP contribution in [0.2, 0.25) is 0 Å². The lowest BCUT2D eigenvalue weighted by molar-refractivity contribution is 0.101. The van der Waals surface area contributed by atoms with Gasteiger partial charge in [0.25, 0.3) is 0 Å². The molecule has 4 nitrogen and oxygen atoms in total. The lowest BCUT2D eigenvalue weighted by Crippen LogP contribution is -2.24. The van der Waals surface area contributed by atoms with Crippen LogP contribution in [0.5, 0.6) is 0 Å². The monoisotopic (exact) mass is 255 g/mol. The van der Waals surface area contributed by atoms with Crippen molar-refractivity contribution >= 4 is 15.8 Å². The van der Waals surface area contributed by atoms with Crippen LogP contribution in [0.3, 0.4) is 0 Å². The normalized spacial score (nSPS) is 11.4. The Morgan fingerprint density at radius 2 is 2.06 bits per heavy atom. The van der Waals surface area contributed by atoms with E-state index in [0.29, 0.717) is 12.1 Å². The summed E-state index contributed by atoms with van der Waals surface area (Å²) in [6, 6.07) is 6.07. The van der Waals surface area contributed by atoms with Crippen molar-refractivity contribution in [2.45, 2.75) is 31.6 Å². The summed E-state index contributed by atoms with van der Waals surface area (Å²) in [4.78, 5) is 11.3. The highest BCUT2D eigenvalue weighted by Gasteiger charge is 2.14. The third-order valence-electron chi connectivity index (χ3n) is 2.37. The minimum absolute atomic E-state index is 0.140. The minimum atomic E-state index is -3.49. The van der Waals surface area contributed by atoms with Gasteiger partial charge in [-0.2, -0.15) is 0 Å². The van der Waals surface area contributed by atoms with E-state index in [4.69, 9.17) is 0 Å². The zero-order chi connectivity index (χ0) is 12.9.